The predicted octanol–water partition coefficient (Wildman–Crippen LogP) is 7.22. The Kier molecular flexibility index (Phi) is 9.22. The Labute approximate surface area is 199 Å². The van der Waals surface area contributed by atoms with Crippen molar-refractivity contribution in [2.24, 2.45) is 0 Å². The van der Waals surface area contributed by atoms with Crippen molar-refractivity contribution in [2.75, 3.05) is 6.61 Å². The Bertz CT molecular complexity index is 1010. The van der Waals surface area contributed by atoms with Crippen LogP contribution in [-0.2, 0) is 19.6 Å². The van der Waals surface area contributed by atoms with Crippen molar-refractivity contribution in [2.45, 2.75) is 45.9 Å². The average Bonchev–Trinajstić information content (AvgIpc) is 2.78. The van der Waals surface area contributed by atoms with Crippen molar-refractivity contribution in [3.05, 3.63) is 93.2 Å². The highest BCUT2D eigenvalue weighted by Gasteiger charge is 2.14. The summed E-state index contributed by atoms with van der Waals surface area (Å²) in [6.07, 6.45) is 2.06. The monoisotopic (exact) mass is 475 g/mol. The second kappa shape index (κ2) is 12.1. The van der Waals surface area contributed by atoms with Gasteiger partial charge in [-0.3, -0.25) is 0 Å². The SMILES string of the molecule is CCOc1cc(CNC(C)CCc2ccccc2)cc(Cl)c1OCc1ccc(F)cc1Cl. The fourth-order valence-electron chi connectivity index (χ4n) is 3.34. The van der Waals surface area contributed by atoms with Crippen LogP contribution in [0.1, 0.15) is 37.0 Å². The van der Waals surface area contributed by atoms with E-state index in [0.717, 1.165) is 18.4 Å². The molecule has 1 unspecified atom stereocenters. The second-order valence-electron chi connectivity index (χ2n) is 7.67. The van der Waals surface area contributed by atoms with Crippen LogP contribution in [0.4, 0.5) is 4.39 Å². The molecule has 3 aromatic rings. The van der Waals surface area contributed by atoms with Crippen molar-refractivity contribution >= 4 is 23.2 Å². The molecule has 0 heterocycles. The van der Waals surface area contributed by atoms with E-state index in [-0.39, 0.29) is 12.4 Å². The van der Waals surface area contributed by atoms with Crippen LogP contribution in [0, 0.1) is 5.82 Å². The summed E-state index contributed by atoms with van der Waals surface area (Å²) in [5.74, 6) is 0.642. The molecule has 6 heteroatoms. The minimum Gasteiger partial charge on any atom is -0.490 e. The maximum atomic E-state index is 13.3. The first kappa shape index (κ1) is 24.4. The molecular weight excluding hydrogens is 448 g/mol. The molecule has 0 fully saturated rings. The topological polar surface area (TPSA) is 30.5 Å². The highest BCUT2D eigenvalue weighted by Crippen LogP contribution is 2.37. The van der Waals surface area contributed by atoms with E-state index in [1.807, 2.05) is 25.1 Å². The molecule has 0 aliphatic carbocycles. The van der Waals surface area contributed by atoms with Crippen LogP contribution >= 0.6 is 23.2 Å². The number of rotatable bonds is 11. The normalized spacial score (nSPS) is 11.9. The summed E-state index contributed by atoms with van der Waals surface area (Å²) in [6, 6.07) is 18.8. The zero-order valence-corrected chi connectivity index (χ0v) is 19.8. The van der Waals surface area contributed by atoms with Gasteiger partial charge in [-0.1, -0.05) is 59.6 Å². The van der Waals surface area contributed by atoms with Crippen molar-refractivity contribution in [3.8, 4) is 11.5 Å². The first-order valence-electron chi connectivity index (χ1n) is 10.8. The molecule has 170 valence electrons. The van der Waals surface area contributed by atoms with Gasteiger partial charge in [-0.05, 0) is 62.1 Å². The first-order chi connectivity index (χ1) is 15.5. The van der Waals surface area contributed by atoms with Gasteiger partial charge in [0.15, 0.2) is 11.5 Å². The van der Waals surface area contributed by atoms with Gasteiger partial charge in [0.25, 0.3) is 0 Å². The summed E-state index contributed by atoms with van der Waals surface area (Å²) in [6.45, 7) is 5.39. The third-order valence-corrected chi connectivity index (χ3v) is 5.75. The van der Waals surface area contributed by atoms with E-state index in [2.05, 4.69) is 36.5 Å². The molecule has 0 amide bonds. The maximum Gasteiger partial charge on any atom is 0.180 e. The number of hydrogen-bond acceptors (Lipinski definition) is 3. The number of ether oxygens (including phenoxy) is 2. The van der Waals surface area contributed by atoms with Crippen molar-refractivity contribution in [1.29, 1.82) is 0 Å². The van der Waals surface area contributed by atoms with Crippen molar-refractivity contribution in [3.63, 3.8) is 0 Å². The smallest absolute Gasteiger partial charge is 0.180 e. The molecule has 0 aliphatic heterocycles. The summed E-state index contributed by atoms with van der Waals surface area (Å²) in [5, 5.41) is 4.32. The maximum absolute atomic E-state index is 13.3. The molecular formula is C26H28Cl2FNO2. The molecule has 1 N–H and O–H groups in total. The number of nitrogens with one attached hydrogen (secondary N) is 1. The summed E-state index contributed by atoms with van der Waals surface area (Å²) in [4.78, 5) is 0. The van der Waals surface area contributed by atoms with Crippen LogP contribution in [-0.4, -0.2) is 12.6 Å². The lowest BCUT2D eigenvalue weighted by Gasteiger charge is -2.18. The highest BCUT2D eigenvalue weighted by molar-refractivity contribution is 6.32. The zero-order valence-electron chi connectivity index (χ0n) is 18.3. The van der Waals surface area contributed by atoms with Crippen LogP contribution in [0.3, 0.4) is 0 Å². The summed E-state index contributed by atoms with van der Waals surface area (Å²) in [7, 11) is 0. The quantitative estimate of drug-likeness (QED) is 0.317. The van der Waals surface area contributed by atoms with Crippen LogP contribution in [0.5, 0.6) is 11.5 Å². The lowest BCUT2D eigenvalue weighted by atomic mass is 10.1. The van der Waals surface area contributed by atoms with E-state index in [9.17, 15) is 4.39 Å². The molecule has 3 aromatic carbocycles. The number of aryl methyl sites for hydroxylation is 1. The van der Waals surface area contributed by atoms with E-state index in [0.29, 0.717) is 46.3 Å². The van der Waals surface area contributed by atoms with Gasteiger partial charge in [-0.15, -0.1) is 0 Å². The lowest BCUT2D eigenvalue weighted by Crippen LogP contribution is -2.26. The predicted molar refractivity (Wildman–Crippen MR) is 129 cm³/mol. The third-order valence-electron chi connectivity index (χ3n) is 5.12. The van der Waals surface area contributed by atoms with Crippen LogP contribution in [0.25, 0.3) is 0 Å². The van der Waals surface area contributed by atoms with Gasteiger partial charge in [0.05, 0.1) is 16.7 Å². The molecule has 0 saturated heterocycles. The second-order valence-corrected chi connectivity index (χ2v) is 8.48. The summed E-state index contributed by atoms with van der Waals surface area (Å²) < 4.78 is 25.0. The molecule has 0 aliphatic rings. The molecule has 0 saturated carbocycles. The standard InChI is InChI=1S/C26H28Cl2FNO2/c1-3-31-25-14-20(16-30-18(2)9-10-19-7-5-4-6-8-19)13-24(28)26(25)32-17-21-11-12-22(29)15-23(21)27/h4-8,11-15,18,30H,3,9-10,16-17H2,1-2H3. The first-order valence-corrected chi connectivity index (χ1v) is 11.5. The minimum atomic E-state index is -0.387. The van der Waals surface area contributed by atoms with E-state index >= 15 is 0 Å². The summed E-state index contributed by atoms with van der Waals surface area (Å²) >= 11 is 12.6. The Hall–Kier alpha value is -2.27. The average molecular weight is 476 g/mol. The molecule has 32 heavy (non-hydrogen) atoms. The van der Waals surface area contributed by atoms with Crippen LogP contribution in [0.15, 0.2) is 60.7 Å². The van der Waals surface area contributed by atoms with E-state index in [1.54, 1.807) is 6.07 Å². The zero-order chi connectivity index (χ0) is 22.9. The largest absolute Gasteiger partial charge is 0.490 e. The van der Waals surface area contributed by atoms with E-state index in [1.165, 1.54) is 17.7 Å². The lowest BCUT2D eigenvalue weighted by molar-refractivity contribution is 0.269. The van der Waals surface area contributed by atoms with E-state index < -0.39 is 0 Å². The summed E-state index contributed by atoms with van der Waals surface area (Å²) in [5.41, 5.74) is 3.02. The number of benzene rings is 3. The van der Waals surface area contributed by atoms with Gasteiger partial charge >= 0.3 is 0 Å². The fourth-order valence-corrected chi connectivity index (χ4v) is 3.85. The van der Waals surface area contributed by atoms with Crippen molar-refractivity contribution < 1.29 is 13.9 Å². The number of halogens is 3. The minimum absolute atomic E-state index is 0.160. The van der Waals surface area contributed by atoms with Gasteiger partial charge < -0.3 is 14.8 Å². The molecule has 0 aromatic heterocycles. The van der Waals surface area contributed by atoms with Crippen LogP contribution in [0.2, 0.25) is 10.0 Å². The number of hydrogen-bond donors (Lipinski definition) is 1. The fraction of sp³-hybridized carbons (Fsp3) is 0.308. The molecule has 0 bridgehead atoms. The van der Waals surface area contributed by atoms with Crippen molar-refractivity contribution in [1.82, 2.24) is 5.32 Å². The van der Waals surface area contributed by atoms with Gasteiger partial charge in [-0.25, -0.2) is 4.39 Å². The third kappa shape index (κ3) is 7.13. The van der Waals surface area contributed by atoms with E-state index in [4.69, 9.17) is 32.7 Å². The van der Waals surface area contributed by atoms with Gasteiger partial charge in [0.2, 0.25) is 0 Å². The molecule has 3 rings (SSSR count). The molecule has 0 spiro atoms. The molecule has 1 atom stereocenters. The molecule has 3 nitrogen and oxygen atoms in total. The Morgan fingerprint density at radius 3 is 2.44 bits per heavy atom. The van der Waals surface area contributed by atoms with Gasteiger partial charge in [-0.2, -0.15) is 0 Å². The Morgan fingerprint density at radius 1 is 0.938 bits per heavy atom. The Balaban J connectivity index is 1.62. The Morgan fingerprint density at radius 2 is 1.72 bits per heavy atom. The van der Waals surface area contributed by atoms with Crippen LogP contribution < -0.4 is 14.8 Å². The molecule has 0 radical (unpaired) electrons. The van der Waals surface area contributed by atoms with Gasteiger partial charge in [0.1, 0.15) is 12.4 Å². The van der Waals surface area contributed by atoms with Gasteiger partial charge in [0, 0.05) is 18.2 Å². The highest BCUT2D eigenvalue weighted by atomic mass is 35.5.